The molecule has 0 amide bonds. The molecule has 2 rings (SSSR count). The standard InChI is InChI=1S/C10H17N5O4S/c1-2-19-9(16)8-3-5-15(6-4-8)20(17,18)14-10-11-7-12-13-10/h7-8H,2-6H2,1H3,(H2,11,12,13,14). The number of nitrogens with one attached hydrogen (secondary N) is 2. The predicted octanol–water partition coefficient (Wildman–Crippen LogP) is -0.263. The van der Waals surface area contributed by atoms with Crippen molar-refractivity contribution in [2.24, 2.45) is 5.92 Å². The van der Waals surface area contributed by atoms with Crippen molar-refractivity contribution in [2.45, 2.75) is 19.8 Å². The van der Waals surface area contributed by atoms with E-state index in [0.29, 0.717) is 19.4 Å². The van der Waals surface area contributed by atoms with E-state index in [2.05, 4.69) is 19.9 Å². The van der Waals surface area contributed by atoms with E-state index in [1.54, 1.807) is 6.92 Å². The van der Waals surface area contributed by atoms with Gasteiger partial charge >= 0.3 is 16.2 Å². The van der Waals surface area contributed by atoms with E-state index in [1.807, 2.05) is 0 Å². The highest BCUT2D eigenvalue weighted by molar-refractivity contribution is 7.90. The van der Waals surface area contributed by atoms with Crippen LogP contribution >= 0.6 is 0 Å². The zero-order chi connectivity index (χ0) is 14.6. The van der Waals surface area contributed by atoms with Crippen molar-refractivity contribution in [1.29, 1.82) is 0 Å². The first kappa shape index (κ1) is 14.7. The van der Waals surface area contributed by atoms with Gasteiger partial charge in [0.15, 0.2) is 0 Å². The van der Waals surface area contributed by atoms with Gasteiger partial charge in [0.2, 0.25) is 5.95 Å². The van der Waals surface area contributed by atoms with E-state index in [0.717, 1.165) is 0 Å². The highest BCUT2D eigenvalue weighted by Gasteiger charge is 2.32. The zero-order valence-corrected chi connectivity index (χ0v) is 11.9. The lowest BCUT2D eigenvalue weighted by molar-refractivity contribution is -0.149. The van der Waals surface area contributed by atoms with Crippen LogP contribution in [0.3, 0.4) is 0 Å². The van der Waals surface area contributed by atoms with Crippen LogP contribution in [0.4, 0.5) is 5.95 Å². The fraction of sp³-hybridized carbons (Fsp3) is 0.700. The summed E-state index contributed by atoms with van der Waals surface area (Å²) in [6.45, 7) is 2.63. The molecule has 1 aliphatic heterocycles. The Labute approximate surface area is 116 Å². The highest BCUT2D eigenvalue weighted by atomic mass is 32.2. The van der Waals surface area contributed by atoms with E-state index in [4.69, 9.17) is 4.74 Å². The van der Waals surface area contributed by atoms with Gasteiger partial charge in [-0.1, -0.05) is 0 Å². The maximum atomic E-state index is 12.1. The topological polar surface area (TPSA) is 117 Å². The number of aromatic amines is 1. The summed E-state index contributed by atoms with van der Waals surface area (Å²) in [6, 6.07) is 0. The number of nitrogens with zero attached hydrogens (tertiary/aromatic N) is 3. The SMILES string of the molecule is CCOC(=O)C1CCN(S(=O)(=O)Nc2ncn[nH]2)CC1. The Kier molecular flexibility index (Phi) is 4.55. The van der Waals surface area contributed by atoms with E-state index in [-0.39, 0.29) is 30.9 Å². The maximum absolute atomic E-state index is 12.1. The minimum atomic E-state index is -3.67. The first-order valence-corrected chi connectivity index (χ1v) is 7.77. The van der Waals surface area contributed by atoms with Crippen LogP contribution in [0.5, 0.6) is 0 Å². The van der Waals surface area contributed by atoms with Gasteiger partial charge in [0.05, 0.1) is 12.5 Å². The zero-order valence-electron chi connectivity index (χ0n) is 11.1. The fourth-order valence-corrected chi connectivity index (χ4v) is 3.20. The van der Waals surface area contributed by atoms with Crippen molar-refractivity contribution < 1.29 is 17.9 Å². The lowest BCUT2D eigenvalue weighted by Gasteiger charge is -2.29. The molecule has 2 heterocycles. The van der Waals surface area contributed by atoms with Crippen molar-refractivity contribution in [2.75, 3.05) is 24.4 Å². The second-order valence-corrected chi connectivity index (χ2v) is 6.04. The van der Waals surface area contributed by atoms with E-state index >= 15 is 0 Å². The van der Waals surface area contributed by atoms with Crippen LogP contribution in [-0.2, 0) is 19.7 Å². The number of anilines is 1. The summed E-state index contributed by atoms with van der Waals surface area (Å²) in [4.78, 5) is 15.3. The summed E-state index contributed by atoms with van der Waals surface area (Å²) in [5.74, 6) is -0.420. The van der Waals surface area contributed by atoms with Crippen LogP contribution in [0, 0.1) is 5.92 Å². The van der Waals surface area contributed by atoms with Crippen molar-refractivity contribution in [3.63, 3.8) is 0 Å². The van der Waals surface area contributed by atoms with Gasteiger partial charge in [0, 0.05) is 13.1 Å². The molecule has 0 unspecified atom stereocenters. The van der Waals surface area contributed by atoms with Crippen molar-refractivity contribution >= 4 is 22.1 Å². The van der Waals surface area contributed by atoms with Crippen molar-refractivity contribution in [1.82, 2.24) is 19.5 Å². The number of esters is 1. The molecule has 1 saturated heterocycles. The number of hydrogen-bond acceptors (Lipinski definition) is 6. The summed E-state index contributed by atoms with van der Waals surface area (Å²) >= 11 is 0. The van der Waals surface area contributed by atoms with Crippen LogP contribution < -0.4 is 4.72 Å². The lowest BCUT2D eigenvalue weighted by atomic mass is 9.98. The first-order chi connectivity index (χ1) is 9.53. The molecule has 0 aromatic carbocycles. The Morgan fingerprint density at radius 2 is 2.25 bits per heavy atom. The Morgan fingerprint density at radius 1 is 1.55 bits per heavy atom. The van der Waals surface area contributed by atoms with Crippen molar-refractivity contribution in [3.05, 3.63) is 6.33 Å². The molecule has 0 saturated carbocycles. The number of H-pyrrole nitrogens is 1. The number of aromatic nitrogens is 3. The van der Waals surface area contributed by atoms with Gasteiger partial charge in [-0.05, 0) is 19.8 Å². The second kappa shape index (κ2) is 6.18. The Balaban J connectivity index is 1.91. The number of carbonyl (C=O) groups excluding carboxylic acids is 1. The maximum Gasteiger partial charge on any atom is 0.309 e. The van der Waals surface area contributed by atoms with Crippen LogP contribution in [-0.4, -0.2) is 53.6 Å². The monoisotopic (exact) mass is 303 g/mol. The molecule has 9 nitrogen and oxygen atoms in total. The number of rotatable bonds is 5. The van der Waals surface area contributed by atoms with Crippen LogP contribution in [0.1, 0.15) is 19.8 Å². The minimum Gasteiger partial charge on any atom is -0.466 e. The third-order valence-corrected chi connectivity index (χ3v) is 4.55. The molecule has 10 heteroatoms. The van der Waals surface area contributed by atoms with Gasteiger partial charge in [-0.2, -0.15) is 22.8 Å². The normalized spacial score (nSPS) is 17.9. The lowest BCUT2D eigenvalue weighted by Crippen LogP contribution is -2.43. The van der Waals surface area contributed by atoms with E-state index in [9.17, 15) is 13.2 Å². The summed E-state index contributed by atoms with van der Waals surface area (Å²) in [5, 5.41) is 5.99. The molecule has 0 spiro atoms. The summed E-state index contributed by atoms with van der Waals surface area (Å²) in [7, 11) is -3.67. The second-order valence-electron chi connectivity index (χ2n) is 4.37. The number of ether oxygens (including phenoxy) is 1. The fourth-order valence-electron chi connectivity index (χ4n) is 2.03. The third-order valence-electron chi connectivity index (χ3n) is 3.05. The van der Waals surface area contributed by atoms with E-state index in [1.165, 1.54) is 10.6 Å². The molecular formula is C10H17N5O4S. The number of piperidine rings is 1. The largest absolute Gasteiger partial charge is 0.466 e. The summed E-state index contributed by atoms with van der Waals surface area (Å²) in [6.07, 6.45) is 2.12. The predicted molar refractivity (Wildman–Crippen MR) is 69.9 cm³/mol. The first-order valence-electron chi connectivity index (χ1n) is 6.33. The van der Waals surface area contributed by atoms with Crippen LogP contribution in [0.25, 0.3) is 0 Å². The average Bonchev–Trinajstić information content (AvgIpc) is 2.91. The van der Waals surface area contributed by atoms with Gasteiger partial charge in [0.1, 0.15) is 6.33 Å². The molecule has 1 aromatic rings. The molecule has 2 N–H and O–H groups in total. The van der Waals surface area contributed by atoms with Gasteiger partial charge in [-0.3, -0.25) is 4.79 Å². The van der Waals surface area contributed by atoms with Gasteiger partial charge in [0.25, 0.3) is 0 Å². The summed E-state index contributed by atoms with van der Waals surface area (Å²) < 4.78 is 32.6. The smallest absolute Gasteiger partial charge is 0.309 e. The molecule has 1 aliphatic rings. The quantitative estimate of drug-likeness (QED) is 0.723. The van der Waals surface area contributed by atoms with Gasteiger partial charge in [-0.25, -0.2) is 9.82 Å². The molecule has 0 atom stereocenters. The van der Waals surface area contributed by atoms with Crippen LogP contribution in [0.15, 0.2) is 6.33 Å². The molecule has 0 radical (unpaired) electrons. The molecule has 0 bridgehead atoms. The minimum absolute atomic E-state index is 0.0671. The molecule has 1 aromatic heterocycles. The molecule has 112 valence electrons. The van der Waals surface area contributed by atoms with Gasteiger partial charge in [-0.15, -0.1) is 0 Å². The number of carbonyl (C=O) groups is 1. The van der Waals surface area contributed by atoms with Crippen molar-refractivity contribution in [3.8, 4) is 0 Å². The number of hydrogen-bond donors (Lipinski definition) is 2. The highest BCUT2D eigenvalue weighted by Crippen LogP contribution is 2.21. The third kappa shape index (κ3) is 3.45. The Morgan fingerprint density at radius 3 is 2.80 bits per heavy atom. The molecular weight excluding hydrogens is 286 g/mol. The molecule has 0 aliphatic carbocycles. The average molecular weight is 303 g/mol. The van der Waals surface area contributed by atoms with E-state index < -0.39 is 10.2 Å². The van der Waals surface area contributed by atoms with Crippen LogP contribution in [0.2, 0.25) is 0 Å². The molecule has 20 heavy (non-hydrogen) atoms. The molecule has 1 fully saturated rings. The Hall–Kier alpha value is -1.68. The Bertz CT molecular complexity index is 536. The summed E-state index contributed by atoms with van der Waals surface area (Å²) in [5.41, 5.74) is 0. The van der Waals surface area contributed by atoms with Gasteiger partial charge < -0.3 is 4.74 Å².